The van der Waals surface area contributed by atoms with Crippen molar-refractivity contribution in [2.45, 2.75) is 13.8 Å². The normalized spacial score (nSPS) is 7.10. The van der Waals surface area contributed by atoms with E-state index in [0.29, 0.717) is 0 Å². The molecule has 0 bridgehead atoms. The molecule has 0 rings (SSSR count). The summed E-state index contributed by atoms with van der Waals surface area (Å²) in [7, 11) is 0. The summed E-state index contributed by atoms with van der Waals surface area (Å²) >= 11 is -3.11. The van der Waals surface area contributed by atoms with Crippen LogP contribution in [0.2, 0.25) is 0 Å². The second-order valence-corrected chi connectivity index (χ2v) is 1.61. The summed E-state index contributed by atoms with van der Waals surface area (Å²) in [6.45, 7) is 6.03. The van der Waals surface area contributed by atoms with Gasteiger partial charge in [0.15, 0.2) is 0 Å². The largest absolute Gasteiger partial charge is 0.784 e. The average Bonchev–Trinajstić information content (AvgIpc) is 1.65. The van der Waals surface area contributed by atoms with Crippen molar-refractivity contribution < 1.29 is 24.8 Å². The van der Waals surface area contributed by atoms with Gasteiger partial charge in [-0.25, -0.2) is 0 Å². The molecule has 0 radical (unpaired) electrons. The molecule has 6 N–H and O–H groups in total. The van der Waals surface area contributed by atoms with Gasteiger partial charge < -0.3 is 20.6 Å². The molecule has 0 aromatic rings. The van der Waals surface area contributed by atoms with Crippen LogP contribution in [0.1, 0.15) is 13.8 Å². The van der Waals surface area contributed by atoms with Crippen molar-refractivity contribution in [3.8, 4) is 0 Å². The van der Waals surface area contributed by atoms with Crippen LogP contribution in [0.3, 0.4) is 0 Å². The van der Waals surface area contributed by atoms with Gasteiger partial charge >= 0.3 is 0 Å². The molecule has 5 nitrogen and oxygen atoms in total. The molecule has 0 spiro atoms. The van der Waals surface area contributed by atoms with Crippen molar-refractivity contribution in [1.82, 2.24) is 0 Å². The summed E-state index contributed by atoms with van der Waals surface area (Å²) in [5, 5.41) is 0. The Balaban J connectivity index is -0.0000000750. The summed E-state index contributed by atoms with van der Waals surface area (Å²) in [5.74, 6) is 0. The maximum absolute atomic E-state index is 8.44. The predicted octanol–water partition coefficient (Wildman–Crippen LogP) is -2.51. The molecule has 0 amide bonds. The Hall–Kier alpha value is -0.0100. The van der Waals surface area contributed by atoms with Crippen LogP contribution < -0.4 is 11.5 Å². The van der Waals surface area contributed by atoms with Crippen molar-refractivity contribution >= 4 is 11.4 Å². The van der Waals surface area contributed by atoms with Gasteiger partial charge in [0.25, 0.3) is 0 Å². The molecule has 0 atom stereocenters. The number of quaternary nitrogens is 2. The average molecular weight is 172 g/mol. The van der Waals surface area contributed by atoms with E-state index < -0.39 is 11.4 Å². The maximum Gasteiger partial charge on any atom is 0.0711 e. The molecule has 0 aromatic carbocycles. The summed E-state index contributed by atoms with van der Waals surface area (Å²) in [4.78, 5) is 0. The first-order valence-electron chi connectivity index (χ1n) is 2.91. The van der Waals surface area contributed by atoms with Crippen LogP contribution in [-0.2, 0) is 11.4 Å². The number of hydrogen-bond donors (Lipinski definition) is 2. The molecule has 0 aliphatic heterocycles. The molecule has 66 valence electrons. The molecule has 10 heavy (non-hydrogen) atoms. The van der Waals surface area contributed by atoms with Gasteiger partial charge in [0.05, 0.1) is 13.1 Å². The first-order valence-corrected chi connectivity index (χ1v) is 3.91. The van der Waals surface area contributed by atoms with Gasteiger partial charge in [-0.3, -0.25) is 4.21 Å². The third-order valence-electron chi connectivity index (χ3n) is 0. The highest BCUT2D eigenvalue weighted by Crippen LogP contribution is 1.42. The fourth-order valence-corrected chi connectivity index (χ4v) is 0. The minimum atomic E-state index is -3.11. The second kappa shape index (κ2) is 23.0. The Morgan fingerprint density at radius 1 is 1.20 bits per heavy atom. The molecule has 0 unspecified atom stereocenters. The molecule has 0 fully saturated rings. The van der Waals surface area contributed by atoms with Crippen LogP contribution in [0.5, 0.6) is 0 Å². The molecule has 0 aliphatic carbocycles. The molecule has 0 saturated carbocycles. The maximum atomic E-state index is 8.44. The van der Waals surface area contributed by atoms with Crippen LogP contribution in [0.4, 0.5) is 0 Å². The first-order chi connectivity index (χ1) is 4.56. The highest BCUT2D eigenvalue weighted by molar-refractivity contribution is 7.72. The lowest BCUT2D eigenvalue weighted by Gasteiger charge is -2.03. The Labute approximate surface area is 63.9 Å². The summed E-state index contributed by atoms with van der Waals surface area (Å²) in [5.41, 5.74) is 6.97. The van der Waals surface area contributed by atoms with Crippen molar-refractivity contribution in [2.75, 3.05) is 13.1 Å². The van der Waals surface area contributed by atoms with Crippen LogP contribution >= 0.6 is 0 Å². The second-order valence-electron chi connectivity index (χ2n) is 1.20. The fourth-order valence-electron chi connectivity index (χ4n) is 0. The highest BCUT2D eigenvalue weighted by Gasteiger charge is 1.37. The van der Waals surface area contributed by atoms with Crippen molar-refractivity contribution in [3.05, 3.63) is 0 Å². The monoisotopic (exact) mass is 172 g/mol. The third-order valence-corrected chi connectivity index (χ3v) is 0. The Bertz CT molecular complexity index is 56.5. The van der Waals surface area contributed by atoms with Crippen molar-refractivity contribution in [1.29, 1.82) is 0 Å². The quantitative estimate of drug-likeness (QED) is 0.393. The summed E-state index contributed by atoms with van der Waals surface area (Å²) in [6, 6.07) is 0. The van der Waals surface area contributed by atoms with E-state index in [9.17, 15) is 0 Å². The standard InChI is InChI=1S/2C2H7N.H2O3S/c2*1-2-3;1-4(2)3/h2*2-3H2,1H3;(H2,1,2,3). The molecular weight excluding hydrogens is 156 g/mol. The van der Waals surface area contributed by atoms with Gasteiger partial charge in [0.1, 0.15) is 0 Å². The van der Waals surface area contributed by atoms with Gasteiger partial charge in [-0.15, -0.1) is 11.4 Å². The van der Waals surface area contributed by atoms with E-state index in [1.807, 2.05) is 13.8 Å². The van der Waals surface area contributed by atoms with Gasteiger partial charge in [0, 0.05) is 0 Å². The zero-order valence-electron chi connectivity index (χ0n) is 6.46. The van der Waals surface area contributed by atoms with Crippen LogP contribution in [-0.4, -0.2) is 26.4 Å². The van der Waals surface area contributed by atoms with E-state index in [2.05, 4.69) is 11.5 Å². The van der Waals surface area contributed by atoms with Gasteiger partial charge in [0.2, 0.25) is 0 Å². The van der Waals surface area contributed by atoms with Gasteiger partial charge in [-0.2, -0.15) is 0 Å². The SMILES string of the molecule is CC[NH3+].CC[NH3+].O=S([O-])[O-]. The molecule has 6 heteroatoms. The third kappa shape index (κ3) is 3900000. The van der Waals surface area contributed by atoms with E-state index in [0.717, 1.165) is 13.1 Å². The predicted molar refractivity (Wildman–Crippen MR) is 36.6 cm³/mol. The minimum absolute atomic E-state index is 1.00. The lowest BCUT2D eigenvalue weighted by Crippen LogP contribution is -2.48. The van der Waals surface area contributed by atoms with E-state index in [4.69, 9.17) is 13.3 Å². The van der Waals surface area contributed by atoms with Gasteiger partial charge in [-0.05, 0) is 13.8 Å². The Kier molecular flexibility index (Phi) is 38.1. The zero-order valence-corrected chi connectivity index (χ0v) is 7.28. The van der Waals surface area contributed by atoms with E-state index in [1.165, 1.54) is 0 Å². The highest BCUT2D eigenvalue weighted by atomic mass is 32.2. The lowest BCUT2D eigenvalue weighted by atomic mass is 10.8. The van der Waals surface area contributed by atoms with Crippen LogP contribution in [0.15, 0.2) is 0 Å². The van der Waals surface area contributed by atoms with Crippen LogP contribution in [0.25, 0.3) is 0 Å². The molecular formula is C4H16N2O3S. The van der Waals surface area contributed by atoms with E-state index >= 15 is 0 Å². The van der Waals surface area contributed by atoms with Crippen molar-refractivity contribution in [2.24, 2.45) is 0 Å². The molecule has 0 saturated heterocycles. The number of hydrogen-bond acceptors (Lipinski definition) is 3. The van der Waals surface area contributed by atoms with E-state index in [-0.39, 0.29) is 0 Å². The topological polar surface area (TPSA) is 118 Å². The molecule has 0 aliphatic rings. The first kappa shape index (κ1) is 16.5. The summed E-state index contributed by atoms with van der Waals surface area (Å²) < 4.78 is 25.3. The van der Waals surface area contributed by atoms with Crippen molar-refractivity contribution in [3.63, 3.8) is 0 Å². The van der Waals surface area contributed by atoms with E-state index in [1.54, 1.807) is 0 Å². The Morgan fingerprint density at radius 3 is 1.20 bits per heavy atom. The van der Waals surface area contributed by atoms with Crippen LogP contribution in [0, 0.1) is 0 Å². The smallest absolute Gasteiger partial charge is 0.0711 e. The molecule has 0 heterocycles. The van der Waals surface area contributed by atoms with Gasteiger partial charge in [-0.1, -0.05) is 0 Å². The summed E-state index contributed by atoms with van der Waals surface area (Å²) in [6.07, 6.45) is 0. The Morgan fingerprint density at radius 2 is 1.20 bits per heavy atom. The fraction of sp³-hybridized carbons (Fsp3) is 1.00. The lowest BCUT2D eigenvalue weighted by molar-refractivity contribution is -0.362. The zero-order chi connectivity index (χ0) is 8.99. The molecule has 0 aromatic heterocycles. The minimum Gasteiger partial charge on any atom is -0.784 e. The number of rotatable bonds is 0.